The van der Waals surface area contributed by atoms with Crippen molar-refractivity contribution in [1.29, 1.82) is 0 Å². The fourth-order valence-corrected chi connectivity index (χ4v) is 3.53. The highest BCUT2D eigenvalue weighted by Crippen LogP contribution is 2.26. The van der Waals surface area contributed by atoms with E-state index in [1.807, 2.05) is 75.5 Å². The van der Waals surface area contributed by atoms with Crippen molar-refractivity contribution in [3.05, 3.63) is 58.2 Å². The molecule has 0 aliphatic heterocycles. The van der Waals surface area contributed by atoms with Crippen molar-refractivity contribution >= 4 is 5.91 Å². The van der Waals surface area contributed by atoms with E-state index in [1.54, 1.807) is 0 Å². The molecule has 0 unspecified atom stereocenters. The molecule has 0 fully saturated rings. The predicted molar refractivity (Wildman–Crippen MR) is 107 cm³/mol. The van der Waals surface area contributed by atoms with Gasteiger partial charge in [-0.1, -0.05) is 12.1 Å². The van der Waals surface area contributed by atoms with Gasteiger partial charge in [-0.2, -0.15) is 10.2 Å². The average Bonchev–Trinajstić information content (AvgIpc) is 3.11. The van der Waals surface area contributed by atoms with Crippen LogP contribution in [0.5, 0.6) is 0 Å². The molecule has 0 aliphatic rings. The molecular formula is C21H27N5O. The first-order valence-electron chi connectivity index (χ1n) is 9.23. The Labute approximate surface area is 160 Å². The molecule has 6 nitrogen and oxygen atoms in total. The highest BCUT2D eigenvalue weighted by molar-refractivity contribution is 5.95. The van der Waals surface area contributed by atoms with Gasteiger partial charge in [-0.15, -0.1) is 0 Å². The molecule has 0 aliphatic carbocycles. The third-order valence-corrected chi connectivity index (χ3v) is 5.20. The standard InChI is InChI=1S/C21H27N5O/c1-7-26(12-19-13(2)24-25(6)16(19)5)21(27)18-10-8-9-17(11-18)20-14(3)22-23-15(20)4/h8-11H,7,12H2,1-6H3,(H,22,23). The molecule has 1 aromatic carbocycles. The molecule has 0 bridgehead atoms. The Hall–Kier alpha value is -2.89. The Balaban J connectivity index is 1.91. The van der Waals surface area contributed by atoms with Gasteiger partial charge in [0.15, 0.2) is 0 Å². The fraction of sp³-hybridized carbons (Fsp3) is 0.381. The fourth-order valence-electron chi connectivity index (χ4n) is 3.53. The largest absolute Gasteiger partial charge is 0.334 e. The number of rotatable bonds is 5. The van der Waals surface area contributed by atoms with E-state index in [-0.39, 0.29) is 5.91 Å². The monoisotopic (exact) mass is 365 g/mol. The Morgan fingerprint density at radius 3 is 2.48 bits per heavy atom. The summed E-state index contributed by atoms with van der Waals surface area (Å²) < 4.78 is 1.87. The number of aromatic amines is 1. The lowest BCUT2D eigenvalue weighted by molar-refractivity contribution is 0.0752. The minimum Gasteiger partial charge on any atom is -0.334 e. The molecule has 1 amide bonds. The van der Waals surface area contributed by atoms with Crippen molar-refractivity contribution in [3.63, 3.8) is 0 Å². The number of amides is 1. The Morgan fingerprint density at radius 1 is 1.19 bits per heavy atom. The number of benzene rings is 1. The quantitative estimate of drug-likeness (QED) is 0.749. The van der Waals surface area contributed by atoms with Crippen LogP contribution < -0.4 is 0 Å². The summed E-state index contributed by atoms with van der Waals surface area (Å²) in [5.41, 5.74) is 7.88. The highest BCUT2D eigenvalue weighted by Gasteiger charge is 2.20. The SMILES string of the molecule is CCN(Cc1c(C)nn(C)c1C)C(=O)c1cccc(-c2c(C)n[nH]c2C)c1. The first-order chi connectivity index (χ1) is 12.8. The second kappa shape index (κ2) is 7.39. The van der Waals surface area contributed by atoms with E-state index >= 15 is 0 Å². The van der Waals surface area contributed by atoms with Crippen molar-refractivity contribution in [1.82, 2.24) is 24.9 Å². The van der Waals surface area contributed by atoms with Gasteiger partial charge in [-0.3, -0.25) is 14.6 Å². The summed E-state index contributed by atoms with van der Waals surface area (Å²) in [5, 5.41) is 11.7. The average molecular weight is 365 g/mol. The van der Waals surface area contributed by atoms with Crippen molar-refractivity contribution < 1.29 is 4.79 Å². The number of hydrogen-bond donors (Lipinski definition) is 1. The van der Waals surface area contributed by atoms with Crippen LogP contribution in [-0.4, -0.2) is 37.3 Å². The second-order valence-electron chi connectivity index (χ2n) is 6.98. The Morgan fingerprint density at radius 2 is 1.93 bits per heavy atom. The number of H-pyrrole nitrogens is 1. The van der Waals surface area contributed by atoms with Gasteiger partial charge in [0.1, 0.15) is 0 Å². The summed E-state index contributed by atoms with van der Waals surface area (Å²) in [5.74, 6) is 0.0285. The molecular weight excluding hydrogens is 338 g/mol. The van der Waals surface area contributed by atoms with Crippen LogP contribution in [0, 0.1) is 27.7 Å². The van der Waals surface area contributed by atoms with Crippen molar-refractivity contribution in [3.8, 4) is 11.1 Å². The minimum absolute atomic E-state index is 0.0285. The van der Waals surface area contributed by atoms with Gasteiger partial charge in [0.05, 0.1) is 11.4 Å². The maximum Gasteiger partial charge on any atom is 0.254 e. The van der Waals surface area contributed by atoms with Gasteiger partial charge in [-0.25, -0.2) is 0 Å². The molecule has 142 valence electrons. The van der Waals surface area contributed by atoms with Crippen molar-refractivity contribution in [2.24, 2.45) is 7.05 Å². The smallest absolute Gasteiger partial charge is 0.254 e. The number of nitrogens with one attached hydrogen (secondary N) is 1. The van der Waals surface area contributed by atoms with Crippen LogP contribution in [0.3, 0.4) is 0 Å². The second-order valence-corrected chi connectivity index (χ2v) is 6.98. The number of aryl methyl sites for hydroxylation is 4. The molecule has 2 aromatic heterocycles. The van der Waals surface area contributed by atoms with E-state index in [4.69, 9.17) is 0 Å². The van der Waals surface area contributed by atoms with Gasteiger partial charge in [0.25, 0.3) is 5.91 Å². The lowest BCUT2D eigenvalue weighted by atomic mass is 10.0. The van der Waals surface area contributed by atoms with Crippen LogP contribution in [0.25, 0.3) is 11.1 Å². The highest BCUT2D eigenvalue weighted by atomic mass is 16.2. The van der Waals surface area contributed by atoms with Gasteiger partial charge >= 0.3 is 0 Å². The van der Waals surface area contributed by atoms with Crippen LogP contribution in [0.2, 0.25) is 0 Å². The first-order valence-corrected chi connectivity index (χ1v) is 9.23. The number of aromatic nitrogens is 4. The zero-order valence-electron chi connectivity index (χ0n) is 16.9. The van der Waals surface area contributed by atoms with Gasteiger partial charge in [-0.05, 0) is 52.3 Å². The molecule has 0 saturated heterocycles. The molecule has 0 spiro atoms. The summed E-state index contributed by atoms with van der Waals surface area (Å²) in [6.45, 7) is 11.2. The molecule has 27 heavy (non-hydrogen) atoms. The molecule has 1 N–H and O–H groups in total. The van der Waals surface area contributed by atoms with Gasteiger partial charge in [0.2, 0.25) is 0 Å². The molecule has 3 rings (SSSR count). The molecule has 0 radical (unpaired) electrons. The lowest BCUT2D eigenvalue weighted by Crippen LogP contribution is -2.30. The first kappa shape index (κ1) is 18.9. The number of carbonyl (C=O) groups excluding carboxylic acids is 1. The normalized spacial score (nSPS) is 11.0. The summed E-state index contributed by atoms with van der Waals surface area (Å²) in [6, 6.07) is 7.79. The predicted octanol–water partition coefficient (Wildman–Crippen LogP) is 3.71. The van der Waals surface area contributed by atoms with E-state index in [2.05, 4.69) is 15.3 Å². The van der Waals surface area contributed by atoms with Gasteiger partial charge < -0.3 is 4.90 Å². The molecule has 3 aromatic rings. The Bertz CT molecular complexity index is 963. The summed E-state index contributed by atoms with van der Waals surface area (Å²) in [6.07, 6.45) is 0. The van der Waals surface area contributed by atoms with E-state index in [1.165, 1.54) is 0 Å². The van der Waals surface area contributed by atoms with Crippen molar-refractivity contribution in [2.75, 3.05) is 6.54 Å². The molecule has 6 heteroatoms. The summed E-state index contributed by atoms with van der Waals surface area (Å²) in [4.78, 5) is 15.0. The molecule has 0 atom stereocenters. The third kappa shape index (κ3) is 3.52. The molecule has 0 saturated carbocycles. The van der Waals surface area contributed by atoms with E-state index in [0.717, 1.165) is 39.5 Å². The van der Waals surface area contributed by atoms with Crippen LogP contribution in [0.4, 0.5) is 0 Å². The van der Waals surface area contributed by atoms with Gasteiger partial charge in [0, 0.05) is 48.2 Å². The zero-order valence-corrected chi connectivity index (χ0v) is 16.9. The van der Waals surface area contributed by atoms with E-state index < -0.39 is 0 Å². The van der Waals surface area contributed by atoms with E-state index in [9.17, 15) is 4.79 Å². The van der Waals surface area contributed by atoms with Crippen molar-refractivity contribution in [2.45, 2.75) is 41.2 Å². The minimum atomic E-state index is 0.0285. The number of nitrogens with zero attached hydrogens (tertiary/aromatic N) is 4. The number of hydrogen-bond acceptors (Lipinski definition) is 3. The zero-order chi connectivity index (χ0) is 19.7. The maximum absolute atomic E-state index is 13.2. The van der Waals surface area contributed by atoms with Crippen LogP contribution in [0.15, 0.2) is 24.3 Å². The van der Waals surface area contributed by atoms with E-state index in [0.29, 0.717) is 18.7 Å². The van der Waals surface area contributed by atoms with Crippen LogP contribution in [0.1, 0.15) is 45.6 Å². The number of carbonyl (C=O) groups is 1. The third-order valence-electron chi connectivity index (χ3n) is 5.20. The topological polar surface area (TPSA) is 66.8 Å². The Kier molecular flexibility index (Phi) is 5.17. The van der Waals surface area contributed by atoms with Crippen LogP contribution in [-0.2, 0) is 13.6 Å². The molecule has 2 heterocycles. The van der Waals surface area contributed by atoms with Crippen LogP contribution >= 0.6 is 0 Å². The maximum atomic E-state index is 13.2. The lowest BCUT2D eigenvalue weighted by Gasteiger charge is -2.21. The summed E-state index contributed by atoms with van der Waals surface area (Å²) >= 11 is 0. The summed E-state index contributed by atoms with van der Waals surface area (Å²) in [7, 11) is 1.93.